The van der Waals surface area contributed by atoms with E-state index in [0.717, 1.165) is 37.7 Å². The predicted molar refractivity (Wildman–Crippen MR) is 115 cm³/mol. The molecule has 1 aromatic carbocycles. The predicted octanol–water partition coefficient (Wildman–Crippen LogP) is 4.59. The number of halogens is 1. The first-order chi connectivity index (χ1) is 14.3. The van der Waals surface area contributed by atoms with Gasteiger partial charge in [0.15, 0.2) is 0 Å². The van der Waals surface area contributed by atoms with Gasteiger partial charge in [0.1, 0.15) is 5.82 Å². The van der Waals surface area contributed by atoms with Crippen molar-refractivity contribution in [1.29, 1.82) is 0 Å². The summed E-state index contributed by atoms with van der Waals surface area (Å²) in [6, 6.07) is 7.28. The van der Waals surface area contributed by atoms with Crippen LogP contribution in [0.15, 0.2) is 36.4 Å². The van der Waals surface area contributed by atoms with Gasteiger partial charge in [-0.2, -0.15) is 0 Å². The van der Waals surface area contributed by atoms with Gasteiger partial charge in [0.05, 0.1) is 6.10 Å². The molecule has 0 spiro atoms. The van der Waals surface area contributed by atoms with E-state index in [9.17, 15) is 14.3 Å². The third kappa shape index (κ3) is 2.75. The highest BCUT2D eigenvalue weighted by Crippen LogP contribution is 2.65. The Balaban J connectivity index is 1.43. The summed E-state index contributed by atoms with van der Waals surface area (Å²) >= 11 is 0. The van der Waals surface area contributed by atoms with Gasteiger partial charge in [-0.05, 0) is 85.3 Å². The number of carbonyl (C=O) groups is 1. The number of aliphatic hydroxyl groups is 1. The van der Waals surface area contributed by atoms with Crippen molar-refractivity contribution in [2.75, 3.05) is 7.05 Å². The first-order valence-electron chi connectivity index (χ1n) is 11.6. The van der Waals surface area contributed by atoms with E-state index in [1.807, 2.05) is 24.1 Å². The Hall–Kier alpha value is -1.68. The fourth-order valence-electron chi connectivity index (χ4n) is 8.03. The van der Waals surface area contributed by atoms with Crippen LogP contribution in [0.4, 0.5) is 4.39 Å². The number of likely N-dealkylation sites (N-methyl/N-ethyl adjacent to an activating group) is 1. The summed E-state index contributed by atoms with van der Waals surface area (Å²) in [6.07, 6.45) is 9.46. The zero-order valence-electron chi connectivity index (χ0n) is 18.4. The summed E-state index contributed by atoms with van der Waals surface area (Å²) < 4.78 is 14.3. The summed E-state index contributed by atoms with van der Waals surface area (Å²) in [4.78, 5) is 14.2. The van der Waals surface area contributed by atoms with Crippen LogP contribution in [0.1, 0.15) is 51.5 Å². The normalized spacial score (nSPS) is 45.1. The molecule has 5 rings (SSSR count). The van der Waals surface area contributed by atoms with Gasteiger partial charge in [-0.1, -0.05) is 38.1 Å². The molecule has 1 aromatic rings. The van der Waals surface area contributed by atoms with Gasteiger partial charge in [-0.25, -0.2) is 4.39 Å². The molecule has 3 aliphatic carbocycles. The third-order valence-corrected chi connectivity index (χ3v) is 9.68. The summed E-state index contributed by atoms with van der Waals surface area (Å²) in [5.41, 5.74) is 0.661. The Bertz CT molecular complexity index is 884. The molecule has 0 saturated heterocycles. The Kier molecular flexibility index (Phi) is 4.66. The van der Waals surface area contributed by atoms with Crippen LogP contribution in [0.25, 0.3) is 0 Å². The maximum Gasteiger partial charge on any atom is 0.246 e. The van der Waals surface area contributed by atoms with Crippen molar-refractivity contribution in [1.82, 2.24) is 4.90 Å². The lowest BCUT2D eigenvalue weighted by atomic mass is 9.48. The second kappa shape index (κ2) is 6.91. The number of carbonyl (C=O) groups excluding carboxylic acids is 1. The number of hydrogen-bond donors (Lipinski definition) is 1. The van der Waals surface area contributed by atoms with Crippen molar-refractivity contribution < 1.29 is 14.3 Å². The Labute approximate surface area is 179 Å². The van der Waals surface area contributed by atoms with E-state index < -0.39 is 0 Å². The molecule has 30 heavy (non-hydrogen) atoms. The number of fused-ring (bicyclic) bond motifs is 5. The molecule has 1 amide bonds. The molecule has 162 valence electrons. The van der Waals surface area contributed by atoms with Crippen LogP contribution in [-0.2, 0) is 11.2 Å². The largest absolute Gasteiger partial charge is 0.392 e. The molecule has 1 heterocycles. The highest BCUT2D eigenvalue weighted by atomic mass is 19.1. The maximum absolute atomic E-state index is 14.3. The molecule has 0 aromatic heterocycles. The Morgan fingerprint density at radius 1 is 1.17 bits per heavy atom. The summed E-state index contributed by atoms with van der Waals surface area (Å²) in [7, 11) is 1.95. The number of nitrogens with zero attached hydrogens (tertiary/aromatic N) is 1. The van der Waals surface area contributed by atoms with Gasteiger partial charge < -0.3 is 10.0 Å². The second-order valence-electron chi connectivity index (χ2n) is 10.9. The van der Waals surface area contributed by atoms with Crippen LogP contribution in [0.3, 0.4) is 0 Å². The van der Waals surface area contributed by atoms with Crippen LogP contribution in [0.5, 0.6) is 0 Å². The average Bonchev–Trinajstić information content (AvgIpc) is 2.98. The fraction of sp³-hybridized carbons (Fsp3) is 0.654. The van der Waals surface area contributed by atoms with Crippen LogP contribution >= 0.6 is 0 Å². The number of rotatable bonds is 2. The van der Waals surface area contributed by atoms with E-state index in [2.05, 4.69) is 19.9 Å². The molecular formula is C26H34FNO2. The minimum Gasteiger partial charge on any atom is -0.392 e. The van der Waals surface area contributed by atoms with E-state index >= 15 is 0 Å². The lowest BCUT2D eigenvalue weighted by Gasteiger charge is -2.60. The van der Waals surface area contributed by atoms with E-state index in [-0.39, 0.29) is 40.6 Å². The van der Waals surface area contributed by atoms with Crippen molar-refractivity contribution in [2.24, 2.45) is 34.5 Å². The first kappa shape index (κ1) is 20.2. The molecule has 3 fully saturated rings. The van der Waals surface area contributed by atoms with Crippen molar-refractivity contribution in [2.45, 2.75) is 64.5 Å². The Morgan fingerprint density at radius 2 is 1.93 bits per heavy atom. The van der Waals surface area contributed by atoms with Crippen LogP contribution in [0.2, 0.25) is 0 Å². The lowest BCUT2D eigenvalue weighted by Crippen LogP contribution is -2.59. The molecule has 3 unspecified atom stereocenters. The monoisotopic (exact) mass is 411 g/mol. The molecule has 3 nitrogen and oxygen atoms in total. The average molecular weight is 412 g/mol. The van der Waals surface area contributed by atoms with Crippen molar-refractivity contribution >= 4 is 5.91 Å². The second-order valence-corrected chi connectivity index (χ2v) is 10.9. The zero-order valence-corrected chi connectivity index (χ0v) is 18.4. The van der Waals surface area contributed by atoms with Crippen LogP contribution < -0.4 is 0 Å². The molecule has 1 N–H and O–H groups in total. The van der Waals surface area contributed by atoms with Gasteiger partial charge in [0.25, 0.3) is 0 Å². The molecule has 4 aliphatic rings. The quantitative estimate of drug-likeness (QED) is 0.773. The molecule has 0 radical (unpaired) electrons. The number of amides is 1. The van der Waals surface area contributed by atoms with Crippen molar-refractivity contribution in [3.05, 3.63) is 47.8 Å². The molecular weight excluding hydrogens is 377 g/mol. The van der Waals surface area contributed by atoms with Crippen LogP contribution in [-0.4, -0.2) is 35.1 Å². The van der Waals surface area contributed by atoms with Crippen molar-refractivity contribution in [3.8, 4) is 0 Å². The maximum atomic E-state index is 14.3. The van der Waals surface area contributed by atoms with E-state index in [4.69, 9.17) is 0 Å². The van der Waals surface area contributed by atoms with Gasteiger partial charge in [-0.15, -0.1) is 0 Å². The highest BCUT2D eigenvalue weighted by molar-refractivity contribution is 5.89. The van der Waals surface area contributed by atoms with Gasteiger partial charge in [0.2, 0.25) is 5.91 Å². The molecule has 0 bridgehead atoms. The summed E-state index contributed by atoms with van der Waals surface area (Å²) in [5.74, 6) is 1.66. The van der Waals surface area contributed by atoms with Gasteiger partial charge in [0, 0.05) is 18.5 Å². The molecule has 8 atom stereocenters. The minimum absolute atomic E-state index is 0.0154. The Morgan fingerprint density at radius 3 is 2.70 bits per heavy atom. The number of benzene rings is 1. The van der Waals surface area contributed by atoms with Gasteiger partial charge in [-0.3, -0.25) is 4.79 Å². The fourth-order valence-corrected chi connectivity index (χ4v) is 8.03. The SMILES string of the molecule is CN1C(=O)C=C[C@@]2(C)C1CC[C@@H]1[C@H]2CC[C@]2(C)C(O)C(Cc3ccccc3F)C[C@@H]12. The molecule has 4 heteroatoms. The summed E-state index contributed by atoms with van der Waals surface area (Å²) in [6.45, 7) is 4.62. The zero-order chi connectivity index (χ0) is 21.3. The standard InChI is InChI=1S/C26H34FNO2/c1-25-13-11-23(29)28(3)22(25)9-8-18-19(25)10-12-26(2)20(18)15-17(24(26)30)14-16-6-4-5-7-21(16)27/h4-7,11,13,17-20,22,24,30H,8-10,12,14-15H2,1-3H3/t17?,18-,19-,20+,22?,24?,25-,26+/m1/s1. The lowest BCUT2D eigenvalue weighted by molar-refractivity contribution is -0.140. The third-order valence-electron chi connectivity index (χ3n) is 9.68. The van der Waals surface area contributed by atoms with E-state index in [1.54, 1.807) is 12.1 Å². The highest BCUT2D eigenvalue weighted by Gasteiger charge is 2.62. The number of aliphatic hydroxyl groups excluding tert-OH is 1. The minimum atomic E-state index is -0.375. The smallest absolute Gasteiger partial charge is 0.246 e. The van der Waals surface area contributed by atoms with Gasteiger partial charge >= 0.3 is 0 Å². The summed E-state index contributed by atoms with van der Waals surface area (Å²) in [5, 5.41) is 11.4. The molecule has 1 aliphatic heterocycles. The molecule has 3 saturated carbocycles. The van der Waals surface area contributed by atoms with E-state index in [1.165, 1.54) is 6.07 Å². The van der Waals surface area contributed by atoms with Crippen molar-refractivity contribution in [3.63, 3.8) is 0 Å². The van der Waals surface area contributed by atoms with E-state index in [0.29, 0.717) is 24.2 Å². The van der Waals surface area contributed by atoms with Crippen LogP contribution in [0, 0.1) is 40.3 Å². The number of hydrogen-bond acceptors (Lipinski definition) is 2. The topological polar surface area (TPSA) is 40.5 Å². The first-order valence-corrected chi connectivity index (χ1v) is 11.6.